The van der Waals surface area contributed by atoms with Gasteiger partial charge in [0, 0.05) is 22.7 Å². The van der Waals surface area contributed by atoms with E-state index in [0.717, 1.165) is 28.8 Å². The number of carbonyl (C=O) groups excluding carboxylic acids is 2. The Balaban J connectivity index is 2.00. The van der Waals surface area contributed by atoms with Crippen molar-refractivity contribution in [2.24, 2.45) is 0 Å². The van der Waals surface area contributed by atoms with Crippen LogP contribution in [0.4, 0.5) is 5.82 Å². The predicted molar refractivity (Wildman–Crippen MR) is 144 cm³/mol. The Labute approximate surface area is 216 Å². The van der Waals surface area contributed by atoms with E-state index in [1.54, 1.807) is 4.90 Å². The maximum atomic E-state index is 13.5. The summed E-state index contributed by atoms with van der Waals surface area (Å²) in [5, 5.41) is 8.39. The standard InChI is InChI=1S/C27H31ClN4O2S/c1-5-15-29-21(33)16-31-22(34)17-35-25(19-13-9-10-14-20(19)28)23-24(18-11-7-6-8-12-18)30-32(26(23)31)27(2,3)4/h6-14,25H,5,15-17H2,1-4H3,(H,29,33). The zero-order valence-electron chi connectivity index (χ0n) is 20.5. The van der Waals surface area contributed by atoms with Crippen LogP contribution in [0.5, 0.6) is 0 Å². The summed E-state index contributed by atoms with van der Waals surface area (Å²) in [5.74, 6) is 0.574. The van der Waals surface area contributed by atoms with Gasteiger partial charge in [0.1, 0.15) is 12.4 Å². The molecule has 4 rings (SSSR count). The van der Waals surface area contributed by atoms with Crippen molar-refractivity contribution in [2.75, 3.05) is 23.7 Å². The van der Waals surface area contributed by atoms with E-state index in [1.807, 2.05) is 66.2 Å². The summed E-state index contributed by atoms with van der Waals surface area (Å²) in [6.07, 6.45) is 0.827. The fourth-order valence-corrected chi connectivity index (χ4v) is 5.74. The molecule has 0 fully saturated rings. The second-order valence-electron chi connectivity index (χ2n) is 9.58. The molecule has 0 radical (unpaired) electrons. The van der Waals surface area contributed by atoms with Gasteiger partial charge in [-0.15, -0.1) is 11.8 Å². The van der Waals surface area contributed by atoms with E-state index in [4.69, 9.17) is 16.7 Å². The Kier molecular flexibility index (Phi) is 7.57. The van der Waals surface area contributed by atoms with E-state index >= 15 is 0 Å². The molecule has 1 aliphatic rings. The number of hydrogen-bond donors (Lipinski definition) is 1. The molecule has 2 heterocycles. The molecule has 1 atom stereocenters. The molecule has 0 spiro atoms. The molecule has 0 bridgehead atoms. The molecule has 8 heteroatoms. The highest BCUT2D eigenvalue weighted by Gasteiger charge is 2.39. The molecule has 1 aromatic heterocycles. The molecule has 1 unspecified atom stereocenters. The van der Waals surface area contributed by atoms with Gasteiger partial charge in [0.25, 0.3) is 0 Å². The van der Waals surface area contributed by atoms with Crippen molar-refractivity contribution in [1.82, 2.24) is 15.1 Å². The molecule has 0 saturated heterocycles. The number of carbonyl (C=O) groups is 2. The van der Waals surface area contributed by atoms with E-state index in [2.05, 4.69) is 26.1 Å². The number of anilines is 1. The number of aromatic nitrogens is 2. The molecule has 2 amide bonds. The van der Waals surface area contributed by atoms with Crippen LogP contribution in [0.2, 0.25) is 5.02 Å². The number of amides is 2. The topological polar surface area (TPSA) is 67.2 Å². The van der Waals surface area contributed by atoms with Gasteiger partial charge in [-0.25, -0.2) is 4.68 Å². The van der Waals surface area contributed by atoms with Gasteiger partial charge >= 0.3 is 0 Å². The lowest BCUT2D eigenvalue weighted by Gasteiger charge is -2.28. The molecular weight excluding hydrogens is 480 g/mol. The summed E-state index contributed by atoms with van der Waals surface area (Å²) < 4.78 is 1.89. The monoisotopic (exact) mass is 510 g/mol. The molecular formula is C27H31ClN4O2S. The molecule has 0 aliphatic carbocycles. The number of nitrogens with zero attached hydrogens (tertiary/aromatic N) is 3. The molecule has 2 aromatic carbocycles. The average Bonchev–Trinajstić information content (AvgIpc) is 3.17. The van der Waals surface area contributed by atoms with Gasteiger partial charge in [-0.3, -0.25) is 14.5 Å². The summed E-state index contributed by atoms with van der Waals surface area (Å²) in [4.78, 5) is 27.9. The Morgan fingerprint density at radius 1 is 1.14 bits per heavy atom. The highest BCUT2D eigenvalue weighted by atomic mass is 35.5. The fraction of sp³-hybridized carbons (Fsp3) is 0.370. The van der Waals surface area contributed by atoms with Crippen LogP contribution >= 0.6 is 23.4 Å². The number of thioether (sulfide) groups is 1. The van der Waals surface area contributed by atoms with Gasteiger partial charge < -0.3 is 5.32 Å². The average molecular weight is 511 g/mol. The van der Waals surface area contributed by atoms with Crippen LogP contribution in [0.1, 0.15) is 50.5 Å². The van der Waals surface area contributed by atoms with Crippen molar-refractivity contribution in [3.8, 4) is 11.3 Å². The quantitative estimate of drug-likeness (QED) is 0.465. The Bertz CT molecular complexity index is 1220. The zero-order valence-corrected chi connectivity index (χ0v) is 22.1. The lowest BCUT2D eigenvalue weighted by molar-refractivity contribution is -0.122. The summed E-state index contributed by atoms with van der Waals surface area (Å²) in [5.41, 5.74) is 3.14. The molecule has 184 valence electrons. The van der Waals surface area contributed by atoms with E-state index in [-0.39, 0.29) is 29.4 Å². The largest absolute Gasteiger partial charge is 0.355 e. The Morgan fingerprint density at radius 2 is 1.83 bits per heavy atom. The molecule has 0 saturated carbocycles. The second-order valence-corrected chi connectivity index (χ2v) is 11.1. The van der Waals surface area contributed by atoms with Gasteiger partial charge in [-0.2, -0.15) is 5.10 Å². The first kappa shape index (κ1) is 25.3. The van der Waals surface area contributed by atoms with Crippen molar-refractivity contribution < 1.29 is 9.59 Å². The summed E-state index contributed by atoms with van der Waals surface area (Å²) >= 11 is 8.21. The summed E-state index contributed by atoms with van der Waals surface area (Å²) in [7, 11) is 0. The smallest absolute Gasteiger partial charge is 0.240 e. The summed E-state index contributed by atoms with van der Waals surface area (Å²) in [6.45, 7) is 8.67. The van der Waals surface area contributed by atoms with Crippen molar-refractivity contribution in [3.05, 3.63) is 70.7 Å². The van der Waals surface area contributed by atoms with Crippen LogP contribution in [-0.2, 0) is 15.1 Å². The van der Waals surface area contributed by atoms with Gasteiger partial charge in [0.2, 0.25) is 11.8 Å². The van der Waals surface area contributed by atoms with Crippen LogP contribution in [0.3, 0.4) is 0 Å². The minimum absolute atomic E-state index is 0.0579. The first-order valence-corrected chi connectivity index (χ1v) is 13.3. The lowest BCUT2D eigenvalue weighted by atomic mass is 9.99. The molecule has 6 nitrogen and oxygen atoms in total. The van der Waals surface area contributed by atoms with Crippen LogP contribution < -0.4 is 10.2 Å². The summed E-state index contributed by atoms with van der Waals surface area (Å²) in [6, 6.07) is 17.7. The van der Waals surface area contributed by atoms with Crippen molar-refractivity contribution in [2.45, 2.75) is 44.9 Å². The minimum Gasteiger partial charge on any atom is -0.355 e. The number of nitrogens with one attached hydrogen (secondary N) is 1. The van der Waals surface area contributed by atoms with E-state index < -0.39 is 5.54 Å². The maximum Gasteiger partial charge on any atom is 0.240 e. The predicted octanol–water partition coefficient (Wildman–Crippen LogP) is 5.65. The van der Waals surface area contributed by atoms with E-state index in [9.17, 15) is 9.59 Å². The number of halogens is 1. The van der Waals surface area contributed by atoms with Crippen molar-refractivity contribution in [1.29, 1.82) is 0 Å². The molecule has 3 aromatic rings. The first-order chi connectivity index (χ1) is 16.7. The van der Waals surface area contributed by atoms with Gasteiger partial charge in [0.15, 0.2) is 0 Å². The van der Waals surface area contributed by atoms with E-state index in [0.29, 0.717) is 17.4 Å². The van der Waals surface area contributed by atoms with Crippen molar-refractivity contribution >= 4 is 41.0 Å². The van der Waals surface area contributed by atoms with Crippen LogP contribution in [0, 0.1) is 0 Å². The third-order valence-electron chi connectivity index (χ3n) is 5.83. The van der Waals surface area contributed by atoms with Gasteiger partial charge in [-0.05, 0) is 38.8 Å². The highest BCUT2D eigenvalue weighted by Crippen LogP contribution is 2.50. The van der Waals surface area contributed by atoms with Gasteiger partial charge in [0.05, 0.1) is 22.2 Å². The van der Waals surface area contributed by atoms with Crippen molar-refractivity contribution in [3.63, 3.8) is 0 Å². The number of hydrogen-bond acceptors (Lipinski definition) is 4. The minimum atomic E-state index is -0.435. The van der Waals surface area contributed by atoms with Crippen LogP contribution in [0.15, 0.2) is 54.6 Å². The highest BCUT2D eigenvalue weighted by molar-refractivity contribution is 8.00. The lowest BCUT2D eigenvalue weighted by Crippen LogP contribution is -2.43. The maximum absolute atomic E-state index is 13.5. The van der Waals surface area contributed by atoms with Gasteiger partial charge in [-0.1, -0.05) is 67.1 Å². The Hall–Kier alpha value is -2.77. The fourth-order valence-electron chi connectivity index (χ4n) is 4.19. The zero-order chi connectivity index (χ0) is 25.2. The third-order valence-corrected chi connectivity index (χ3v) is 7.41. The number of benzene rings is 2. The molecule has 1 aliphatic heterocycles. The molecule has 35 heavy (non-hydrogen) atoms. The number of rotatable bonds is 6. The second kappa shape index (κ2) is 10.5. The number of fused-ring (bicyclic) bond motifs is 1. The van der Waals surface area contributed by atoms with Crippen LogP contribution in [-0.4, -0.2) is 40.4 Å². The normalized spacial score (nSPS) is 16.1. The van der Waals surface area contributed by atoms with E-state index in [1.165, 1.54) is 11.8 Å². The van der Waals surface area contributed by atoms with Crippen LogP contribution in [0.25, 0.3) is 11.3 Å². The Morgan fingerprint density at radius 3 is 2.49 bits per heavy atom. The third kappa shape index (κ3) is 5.26. The molecule has 1 N–H and O–H groups in total. The first-order valence-electron chi connectivity index (χ1n) is 11.8. The SMILES string of the molecule is CCCNC(=O)CN1C(=O)CSC(c2ccccc2Cl)c2c(-c3ccccc3)nn(C(C)(C)C)c21.